The van der Waals surface area contributed by atoms with Crippen LogP contribution in [0.1, 0.15) is 21.5 Å². The Bertz CT molecular complexity index is 850. The van der Waals surface area contributed by atoms with Crippen LogP contribution in [0.15, 0.2) is 52.9 Å². The molecule has 0 saturated heterocycles. The first-order valence-electron chi connectivity index (χ1n) is 7.23. The summed E-state index contributed by atoms with van der Waals surface area (Å²) >= 11 is 2.88. The highest BCUT2D eigenvalue weighted by molar-refractivity contribution is 8.00. The Balaban J connectivity index is 1.63. The van der Waals surface area contributed by atoms with E-state index in [1.165, 1.54) is 23.0 Å². The van der Waals surface area contributed by atoms with Gasteiger partial charge in [-0.1, -0.05) is 65.1 Å². The van der Waals surface area contributed by atoms with Crippen LogP contribution in [0.4, 0.5) is 5.13 Å². The summed E-state index contributed by atoms with van der Waals surface area (Å²) in [6.07, 6.45) is 0. The Kier molecular flexibility index (Phi) is 5.12. The number of carbonyl (C=O) groups is 1. The average Bonchev–Trinajstić information content (AvgIpc) is 3.03. The number of hydrogen-bond acceptors (Lipinski definition) is 6. The predicted octanol–water partition coefficient (Wildman–Crippen LogP) is 4.10. The maximum absolute atomic E-state index is 12.2. The van der Waals surface area contributed by atoms with Crippen LogP contribution in [0.5, 0.6) is 5.75 Å². The summed E-state index contributed by atoms with van der Waals surface area (Å²) in [5.74, 6) is 0.343. The van der Waals surface area contributed by atoms with Crippen LogP contribution in [0.2, 0.25) is 0 Å². The van der Waals surface area contributed by atoms with Crippen molar-refractivity contribution in [2.45, 2.75) is 17.0 Å². The van der Waals surface area contributed by atoms with Crippen LogP contribution in [-0.4, -0.2) is 21.2 Å². The summed E-state index contributed by atoms with van der Waals surface area (Å²) in [7, 11) is 0. The maximum Gasteiger partial charge on any atom is 0.261 e. The highest BCUT2D eigenvalue weighted by Gasteiger charge is 2.14. The summed E-state index contributed by atoms with van der Waals surface area (Å²) in [6, 6.07) is 15.0. The van der Waals surface area contributed by atoms with Crippen molar-refractivity contribution in [3.05, 3.63) is 65.2 Å². The van der Waals surface area contributed by atoms with Gasteiger partial charge in [-0.3, -0.25) is 10.1 Å². The Morgan fingerprint density at radius 1 is 1.21 bits per heavy atom. The van der Waals surface area contributed by atoms with Crippen LogP contribution in [0.25, 0.3) is 0 Å². The summed E-state index contributed by atoms with van der Waals surface area (Å²) in [6.45, 7) is 1.86. The molecule has 0 aliphatic carbocycles. The van der Waals surface area contributed by atoms with E-state index in [4.69, 9.17) is 0 Å². The van der Waals surface area contributed by atoms with Crippen LogP contribution in [0.3, 0.4) is 0 Å². The van der Waals surface area contributed by atoms with Crippen molar-refractivity contribution in [2.75, 3.05) is 5.32 Å². The van der Waals surface area contributed by atoms with Crippen molar-refractivity contribution < 1.29 is 9.90 Å². The third kappa shape index (κ3) is 4.12. The van der Waals surface area contributed by atoms with Gasteiger partial charge in [0, 0.05) is 5.75 Å². The fraction of sp³-hybridized carbons (Fsp3) is 0.118. The fourth-order valence-corrected chi connectivity index (χ4v) is 3.74. The minimum absolute atomic E-state index is 0.0544. The van der Waals surface area contributed by atoms with Crippen molar-refractivity contribution in [2.24, 2.45) is 0 Å². The van der Waals surface area contributed by atoms with Crippen molar-refractivity contribution in [1.29, 1.82) is 0 Å². The van der Waals surface area contributed by atoms with E-state index in [1.807, 2.05) is 25.1 Å². The number of rotatable bonds is 5. The minimum atomic E-state index is -0.396. The number of amides is 1. The molecule has 0 bridgehead atoms. The van der Waals surface area contributed by atoms with E-state index in [2.05, 4.69) is 27.6 Å². The highest BCUT2D eigenvalue weighted by atomic mass is 32.2. The predicted molar refractivity (Wildman–Crippen MR) is 96.7 cm³/mol. The quantitative estimate of drug-likeness (QED) is 0.531. The van der Waals surface area contributed by atoms with Crippen LogP contribution in [0, 0.1) is 6.92 Å². The smallest absolute Gasteiger partial charge is 0.261 e. The first-order valence-corrected chi connectivity index (χ1v) is 9.03. The van der Waals surface area contributed by atoms with E-state index in [0.717, 1.165) is 15.7 Å². The number of anilines is 1. The van der Waals surface area contributed by atoms with Gasteiger partial charge < -0.3 is 5.11 Å². The van der Waals surface area contributed by atoms with Gasteiger partial charge in [0.1, 0.15) is 5.75 Å². The molecule has 0 atom stereocenters. The van der Waals surface area contributed by atoms with Crippen molar-refractivity contribution in [1.82, 2.24) is 10.2 Å². The van der Waals surface area contributed by atoms with Crippen molar-refractivity contribution in [3.63, 3.8) is 0 Å². The van der Waals surface area contributed by atoms with Gasteiger partial charge in [-0.15, -0.1) is 10.2 Å². The number of carbonyl (C=O) groups excluding carboxylic acids is 1. The molecule has 1 heterocycles. The van der Waals surface area contributed by atoms with Gasteiger partial charge in [-0.05, 0) is 24.6 Å². The summed E-state index contributed by atoms with van der Waals surface area (Å²) in [5.41, 5.74) is 2.32. The molecule has 2 aromatic carbocycles. The van der Waals surface area contributed by atoms with Crippen molar-refractivity contribution >= 4 is 34.1 Å². The maximum atomic E-state index is 12.2. The van der Waals surface area contributed by atoms with Crippen LogP contribution in [-0.2, 0) is 5.75 Å². The number of nitrogens with one attached hydrogen (secondary N) is 1. The van der Waals surface area contributed by atoms with Crippen LogP contribution < -0.4 is 5.32 Å². The van der Waals surface area contributed by atoms with E-state index in [1.54, 1.807) is 23.9 Å². The van der Waals surface area contributed by atoms with Gasteiger partial charge >= 0.3 is 0 Å². The molecule has 0 spiro atoms. The molecule has 5 nitrogen and oxygen atoms in total. The molecule has 0 fully saturated rings. The van der Waals surface area contributed by atoms with Crippen LogP contribution >= 0.6 is 23.1 Å². The lowest BCUT2D eigenvalue weighted by Gasteiger charge is -2.04. The minimum Gasteiger partial charge on any atom is -0.507 e. The molecule has 7 heteroatoms. The summed E-state index contributed by atoms with van der Waals surface area (Å²) < 4.78 is 0.780. The van der Waals surface area contributed by atoms with Gasteiger partial charge in [0.25, 0.3) is 5.91 Å². The molecule has 0 aliphatic heterocycles. The fourth-order valence-electron chi connectivity index (χ4n) is 2.03. The SMILES string of the molecule is Cc1ccc(O)c(C(=O)Nc2nnc(SCc3ccccc3)s2)c1. The topological polar surface area (TPSA) is 75.1 Å². The van der Waals surface area contributed by atoms with Gasteiger partial charge in [0.2, 0.25) is 5.13 Å². The second-order valence-electron chi connectivity index (χ2n) is 5.12. The van der Waals surface area contributed by atoms with E-state index < -0.39 is 5.91 Å². The standard InChI is InChI=1S/C17H15N3O2S2/c1-11-7-8-14(21)13(9-11)15(22)18-16-19-20-17(24-16)23-10-12-5-3-2-4-6-12/h2-9,21H,10H2,1H3,(H,18,19,22). The second kappa shape index (κ2) is 7.46. The van der Waals surface area contributed by atoms with Gasteiger partial charge in [-0.2, -0.15) is 0 Å². The third-order valence-electron chi connectivity index (χ3n) is 3.23. The lowest BCUT2D eigenvalue weighted by atomic mass is 10.1. The molecule has 24 heavy (non-hydrogen) atoms. The zero-order valence-corrected chi connectivity index (χ0v) is 14.5. The zero-order chi connectivity index (χ0) is 16.9. The lowest BCUT2D eigenvalue weighted by molar-refractivity contribution is 0.102. The van der Waals surface area contributed by atoms with E-state index in [0.29, 0.717) is 5.13 Å². The Hall–Kier alpha value is -2.38. The van der Waals surface area contributed by atoms with Gasteiger partial charge in [-0.25, -0.2) is 0 Å². The number of nitrogens with zero attached hydrogens (tertiary/aromatic N) is 2. The van der Waals surface area contributed by atoms with E-state index >= 15 is 0 Å². The molecule has 3 rings (SSSR count). The molecule has 122 valence electrons. The number of phenolic OH excluding ortho intramolecular Hbond substituents is 1. The summed E-state index contributed by atoms with van der Waals surface area (Å²) in [4.78, 5) is 12.2. The molecule has 1 amide bonds. The monoisotopic (exact) mass is 357 g/mol. The molecular weight excluding hydrogens is 342 g/mol. The van der Waals surface area contributed by atoms with E-state index in [9.17, 15) is 9.90 Å². The summed E-state index contributed by atoms with van der Waals surface area (Å²) in [5, 5.41) is 20.9. The number of aryl methyl sites for hydroxylation is 1. The normalized spacial score (nSPS) is 10.5. The molecule has 0 unspecified atom stereocenters. The first kappa shape index (κ1) is 16.5. The molecule has 1 aromatic heterocycles. The highest BCUT2D eigenvalue weighted by Crippen LogP contribution is 2.29. The number of benzene rings is 2. The molecule has 0 saturated carbocycles. The van der Waals surface area contributed by atoms with Gasteiger partial charge in [0.05, 0.1) is 5.56 Å². The molecule has 2 N–H and O–H groups in total. The van der Waals surface area contributed by atoms with E-state index in [-0.39, 0.29) is 11.3 Å². The Morgan fingerprint density at radius 3 is 2.79 bits per heavy atom. The number of aromatic hydroxyl groups is 1. The molecule has 3 aromatic rings. The average molecular weight is 357 g/mol. The second-order valence-corrected chi connectivity index (χ2v) is 7.32. The number of phenols is 1. The Morgan fingerprint density at radius 2 is 2.00 bits per heavy atom. The lowest BCUT2D eigenvalue weighted by Crippen LogP contribution is -2.12. The van der Waals surface area contributed by atoms with Gasteiger partial charge in [0.15, 0.2) is 4.34 Å². The number of hydrogen-bond donors (Lipinski definition) is 2. The molecule has 0 radical (unpaired) electrons. The number of aromatic nitrogens is 2. The third-order valence-corrected chi connectivity index (χ3v) is 5.27. The molecule has 0 aliphatic rings. The van der Waals surface area contributed by atoms with Crippen molar-refractivity contribution in [3.8, 4) is 5.75 Å². The Labute approximate surface area is 147 Å². The zero-order valence-electron chi connectivity index (χ0n) is 12.9. The molecular formula is C17H15N3O2S2. The largest absolute Gasteiger partial charge is 0.507 e. The first-order chi connectivity index (χ1) is 11.6. The number of thioether (sulfide) groups is 1.